The van der Waals surface area contributed by atoms with Crippen LogP contribution in [0.3, 0.4) is 0 Å². The number of aliphatic hydroxyl groups is 1. The van der Waals surface area contributed by atoms with E-state index in [1.165, 1.54) is 12.3 Å². The summed E-state index contributed by atoms with van der Waals surface area (Å²) in [7, 11) is 0. The molecule has 5 nitrogen and oxygen atoms in total. The van der Waals surface area contributed by atoms with Crippen molar-refractivity contribution in [2.45, 2.75) is 13.0 Å². The van der Waals surface area contributed by atoms with Crippen molar-refractivity contribution in [1.29, 1.82) is 0 Å². The number of nitrogens with zero attached hydrogens (tertiary/aromatic N) is 1. The number of hydrogen-bond acceptors (Lipinski definition) is 4. The fraction of sp³-hybridized carbons (Fsp3) is 0.455. The molecule has 0 aliphatic heterocycles. The van der Waals surface area contributed by atoms with Crippen LogP contribution in [-0.2, 0) is 0 Å². The lowest BCUT2D eigenvalue weighted by Gasteiger charge is -2.08. The van der Waals surface area contributed by atoms with Crippen LogP contribution >= 0.6 is 0 Å². The minimum atomic E-state index is -0.637. The molecule has 6 heteroatoms. The molecule has 0 spiro atoms. The van der Waals surface area contributed by atoms with Crippen LogP contribution in [-0.4, -0.2) is 41.7 Å². The van der Waals surface area contributed by atoms with Crippen LogP contribution in [0.2, 0.25) is 0 Å². The highest BCUT2D eigenvalue weighted by Gasteiger charge is 2.09. The maximum Gasteiger partial charge on any atom is 0.254 e. The van der Waals surface area contributed by atoms with Crippen molar-refractivity contribution in [2.75, 3.05) is 19.6 Å². The molecular formula is C11H16FN3O2. The van der Waals surface area contributed by atoms with E-state index >= 15 is 0 Å². The molecule has 1 heterocycles. The lowest BCUT2D eigenvalue weighted by Crippen LogP contribution is -2.34. The third-order valence-corrected chi connectivity index (χ3v) is 2.04. The summed E-state index contributed by atoms with van der Waals surface area (Å²) in [5.41, 5.74) is -0.0180. The summed E-state index contributed by atoms with van der Waals surface area (Å²) in [6.45, 7) is 3.01. The molecule has 0 aromatic carbocycles. The zero-order chi connectivity index (χ0) is 12.7. The number of aliphatic hydroxyl groups excluding tert-OH is 1. The number of halogens is 1. The molecular weight excluding hydrogens is 225 g/mol. The van der Waals surface area contributed by atoms with Gasteiger partial charge in [0.15, 0.2) is 5.82 Å². The van der Waals surface area contributed by atoms with Gasteiger partial charge in [0.1, 0.15) is 0 Å². The maximum absolute atomic E-state index is 13.1. The van der Waals surface area contributed by atoms with Crippen LogP contribution < -0.4 is 10.6 Å². The SMILES string of the molecule is CC(O)CNCCNC(=O)c1ccncc1F. The van der Waals surface area contributed by atoms with Gasteiger partial charge in [0.25, 0.3) is 5.91 Å². The summed E-state index contributed by atoms with van der Waals surface area (Å²) >= 11 is 0. The van der Waals surface area contributed by atoms with E-state index in [2.05, 4.69) is 15.6 Å². The topological polar surface area (TPSA) is 74.2 Å². The Morgan fingerprint density at radius 2 is 2.35 bits per heavy atom. The van der Waals surface area contributed by atoms with Crippen LogP contribution in [0.15, 0.2) is 18.5 Å². The van der Waals surface area contributed by atoms with E-state index in [4.69, 9.17) is 5.11 Å². The van der Waals surface area contributed by atoms with Crippen molar-refractivity contribution >= 4 is 5.91 Å². The second kappa shape index (κ2) is 6.93. The molecule has 17 heavy (non-hydrogen) atoms. The first-order valence-corrected chi connectivity index (χ1v) is 5.37. The Morgan fingerprint density at radius 1 is 1.59 bits per heavy atom. The zero-order valence-corrected chi connectivity index (χ0v) is 9.61. The van der Waals surface area contributed by atoms with Crippen LogP contribution in [0.25, 0.3) is 0 Å². The Labute approximate surface area is 99.1 Å². The van der Waals surface area contributed by atoms with Crippen LogP contribution in [0.1, 0.15) is 17.3 Å². The van der Waals surface area contributed by atoms with Gasteiger partial charge in [-0.1, -0.05) is 0 Å². The standard InChI is InChI=1S/C11H16FN3O2/c1-8(16)6-14-4-5-15-11(17)9-2-3-13-7-10(9)12/h2-3,7-8,14,16H,4-6H2,1H3,(H,15,17). The molecule has 1 rings (SSSR count). The number of rotatable bonds is 6. The van der Waals surface area contributed by atoms with Gasteiger partial charge in [0, 0.05) is 25.8 Å². The van der Waals surface area contributed by atoms with E-state index in [-0.39, 0.29) is 5.56 Å². The summed E-state index contributed by atoms with van der Waals surface area (Å²) < 4.78 is 13.1. The van der Waals surface area contributed by atoms with Crippen LogP contribution in [0.5, 0.6) is 0 Å². The highest BCUT2D eigenvalue weighted by molar-refractivity contribution is 5.94. The number of nitrogens with one attached hydrogen (secondary N) is 2. The molecule has 0 fully saturated rings. The summed E-state index contributed by atoms with van der Waals surface area (Å²) in [6, 6.07) is 1.33. The molecule has 1 aromatic rings. The first-order valence-electron chi connectivity index (χ1n) is 5.37. The highest BCUT2D eigenvalue weighted by atomic mass is 19.1. The Bertz CT molecular complexity index is 371. The molecule has 1 unspecified atom stereocenters. The largest absolute Gasteiger partial charge is 0.392 e. The van der Waals surface area contributed by atoms with Crippen molar-refractivity contribution in [1.82, 2.24) is 15.6 Å². The van der Waals surface area contributed by atoms with Gasteiger partial charge < -0.3 is 15.7 Å². The smallest absolute Gasteiger partial charge is 0.254 e. The number of carbonyl (C=O) groups excluding carboxylic acids is 1. The maximum atomic E-state index is 13.1. The van der Waals surface area contributed by atoms with E-state index in [0.717, 1.165) is 6.20 Å². The molecule has 1 amide bonds. The monoisotopic (exact) mass is 241 g/mol. The second-order valence-corrected chi connectivity index (χ2v) is 3.66. The summed E-state index contributed by atoms with van der Waals surface area (Å²) in [6.07, 6.45) is 1.94. The number of aromatic nitrogens is 1. The van der Waals surface area contributed by atoms with Gasteiger partial charge in [-0.05, 0) is 13.0 Å². The number of carbonyl (C=O) groups is 1. The predicted octanol–water partition coefficient (Wildman–Crippen LogP) is -0.0791. The molecule has 94 valence electrons. The molecule has 3 N–H and O–H groups in total. The molecule has 0 bridgehead atoms. The molecule has 0 saturated heterocycles. The van der Waals surface area contributed by atoms with Crippen molar-refractivity contribution in [3.63, 3.8) is 0 Å². The molecule has 1 aromatic heterocycles. The molecule has 0 radical (unpaired) electrons. The lowest BCUT2D eigenvalue weighted by molar-refractivity contribution is 0.0949. The molecule has 0 saturated carbocycles. The summed E-state index contributed by atoms with van der Waals surface area (Å²) in [5, 5.41) is 14.5. The number of hydrogen-bond donors (Lipinski definition) is 3. The second-order valence-electron chi connectivity index (χ2n) is 3.66. The third-order valence-electron chi connectivity index (χ3n) is 2.04. The Balaban J connectivity index is 2.29. The van der Waals surface area contributed by atoms with Crippen molar-refractivity contribution in [2.24, 2.45) is 0 Å². The Morgan fingerprint density at radius 3 is 3.00 bits per heavy atom. The molecule has 1 atom stereocenters. The van der Waals surface area contributed by atoms with E-state index < -0.39 is 17.8 Å². The number of pyridine rings is 1. The minimum absolute atomic E-state index is 0.0180. The normalized spacial score (nSPS) is 12.2. The van der Waals surface area contributed by atoms with Gasteiger partial charge in [-0.2, -0.15) is 0 Å². The lowest BCUT2D eigenvalue weighted by atomic mass is 10.2. The molecule has 0 aliphatic rings. The average Bonchev–Trinajstić information content (AvgIpc) is 2.28. The molecule has 0 aliphatic carbocycles. The van der Waals surface area contributed by atoms with Crippen LogP contribution in [0, 0.1) is 5.82 Å². The van der Waals surface area contributed by atoms with E-state index in [1.54, 1.807) is 6.92 Å². The third kappa shape index (κ3) is 4.88. The van der Waals surface area contributed by atoms with Crippen molar-refractivity contribution < 1.29 is 14.3 Å². The van der Waals surface area contributed by atoms with Gasteiger partial charge in [-0.3, -0.25) is 9.78 Å². The van der Waals surface area contributed by atoms with Crippen molar-refractivity contribution in [3.8, 4) is 0 Å². The summed E-state index contributed by atoms with van der Waals surface area (Å²) in [5.74, 6) is -1.11. The first-order chi connectivity index (χ1) is 8.11. The Kier molecular flexibility index (Phi) is 5.51. The van der Waals surface area contributed by atoms with Gasteiger partial charge >= 0.3 is 0 Å². The number of amides is 1. The van der Waals surface area contributed by atoms with Gasteiger partial charge in [-0.25, -0.2) is 4.39 Å². The first kappa shape index (κ1) is 13.5. The fourth-order valence-corrected chi connectivity index (χ4v) is 1.23. The highest BCUT2D eigenvalue weighted by Crippen LogP contribution is 2.03. The van der Waals surface area contributed by atoms with Gasteiger partial charge in [0.2, 0.25) is 0 Å². The van der Waals surface area contributed by atoms with E-state index in [9.17, 15) is 9.18 Å². The van der Waals surface area contributed by atoms with Crippen molar-refractivity contribution in [3.05, 3.63) is 29.8 Å². The summed E-state index contributed by atoms with van der Waals surface area (Å²) in [4.78, 5) is 15.1. The van der Waals surface area contributed by atoms with Crippen LogP contribution in [0.4, 0.5) is 4.39 Å². The average molecular weight is 241 g/mol. The Hall–Kier alpha value is -1.53. The quantitative estimate of drug-likeness (QED) is 0.609. The minimum Gasteiger partial charge on any atom is -0.392 e. The van der Waals surface area contributed by atoms with Gasteiger partial charge in [0.05, 0.1) is 17.9 Å². The van der Waals surface area contributed by atoms with E-state index in [1.807, 2.05) is 0 Å². The fourth-order valence-electron chi connectivity index (χ4n) is 1.23. The van der Waals surface area contributed by atoms with E-state index in [0.29, 0.717) is 19.6 Å². The van der Waals surface area contributed by atoms with Gasteiger partial charge in [-0.15, -0.1) is 0 Å². The predicted molar refractivity (Wildman–Crippen MR) is 61.1 cm³/mol. The zero-order valence-electron chi connectivity index (χ0n) is 9.61.